The Morgan fingerprint density at radius 3 is 0.500 bits per heavy atom. The predicted molar refractivity (Wildman–Crippen MR) is 0 cm³/mol. The van der Waals surface area contributed by atoms with Crippen LogP contribution >= 0.6 is 0 Å². The molecule has 0 nitrogen and oxygen atoms in total. The van der Waals surface area contributed by atoms with Crippen LogP contribution in [0, 0.1) is 41.3 Å². The summed E-state index contributed by atoms with van der Waals surface area (Å²) in [5.74, 6) is 0. The van der Waals surface area contributed by atoms with Crippen LogP contribution in [0.2, 0.25) is 0 Å². The van der Waals surface area contributed by atoms with E-state index in [2.05, 4.69) is 0 Å². The Morgan fingerprint density at radius 1 is 0.500 bits per heavy atom. The second-order valence-electron chi connectivity index (χ2n) is 0. The van der Waals surface area contributed by atoms with Gasteiger partial charge in [0, 0.05) is 91.6 Å². The first kappa shape index (κ1) is 28.7. The van der Waals surface area contributed by atoms with E-state index < -0.39 is 0 Å². The zero-order valence-electron chi connectivity index (χ0n) is 1.58. The molecule has 4 heteroatoms. The molecular weight excluding hydrogens is 318 g/mol. The van der Waals surface area contributed by atoms with Crippen molar-refractivity contribution in [1.82, 2.24) is 0 Å². The molecule has 0 aromatic heterocycles. The van der Waals surface area contributed by atoms with Gasteiger partial charge in [0.1, 0.15) is 0 Å². The van der Waals surface area contributed by atoms with Crippen LogP contribution in [0.5, 0.6) is 0 Å². The van der Waals surface area contributed by atoms with E-state index in [1.165, 1.54) is 0 Å². The van der Waals surface area contributed by atoms with Gasteiger partial charge in [-0.2, -0.15) is 0 Å². The largest absolute Gasteiger partial charge is 0 e. The molecule has 4 radical (unpaired) electrons. The minimum atomic E-state index is 0. The molecular formula is Co3Pr. The fraction of sp³-hybridized carbons (Fsp3) is 0. The average molecular weight is 318 g/mol. The second-order valence-corrected chi connectivity index (χ2v) is 0. The van der Waals surface area contributed by atoms with Gasteiger partial charge in [-0.3, -0.25) is 0 Å². The smallest absolute Gasteiger partial charge is 0 e. The molecule has 0 bridgehead atoms. The summed E-state index contributed by atoms with van der Waals surface area (Å²) >= 11 is 0. The molecule has 0 fully saturated rings. The van der Waals surface area contributed by atoms with Crippen LogP contribution in [0.15, 0.2) is 0 Å². The molecule has 0 rings (SSSR count). The van der Waals surface area contributed by atoms with Crippen molar-refractivity contribution in [3.8, 4) is 0 Å². The minimum absolute atomic E-state index is 0. The Balaban J connectivity index is 0. The summed E-state index contributed by atoms with van der Waals surface area (Å²) in [6.07, 6.45) is 0. The fourth-order valence-corrected chi connectivity index (χ4v) is 0. The fourth-order valence-electron chi connectivity index (χ4n) is 0. The SMILES string of the molecule is [Co].[Co].[Co].[Pr]. The topological polar surface area (TPSA) is 0 Å². The molecule has 0 aliphatic carbocycles. The summed E-state index contributed by atoms with van der Waals surface area (Å²) in [7, 11) is 0. The van der Waals surface area contributed by atoms with E-state index in [1.54, 1.807) is 0 Å². The summed E-state index contributed by atoms with van der Waals surface area (Å²) in [5, 5.41) is 0. The van der Waals surface area contributed by atoms with Crippen LogP contribution in [0.25, 0.3) is 0 Å². The van der Waals surface area contributed by atoms with E-state index >= 15 is 0 Å². The van der Waals surface area contributed by atoms with Crippen molar-refractivity contribution < 1.29 is 91.6 Å². The third-order valence-electron chi connectivity index (χ3n) is 0. The van der Waals surface area contributed by atoms with Gasteiger partial charge in [0.15, 0.2) is 0 Å². The third kappa shape index (κ3) is 8.86. The molecule has 0 aromatic rings. The van der Waals surface area contributed by atoms with Crippen LogP contribution in [-0.2, 0) is 50.3 Å². The predicted octanol–water partition coefficient (Wildman–Crippen LogP) is -0.00750. The Labute approximate surface area is 89.8 Å². The summed E-state index contributed by atoms with van der Waals surface area (Å²) < 4.78 is 0. The van der Waals surface area contributed by atoms with Gasteiger partial charge in [-0.05, 0) is 0 Å². The van der Waals surface area contributed by atoms with Gasteiger partial charge in [0.2, 0.25) is 0 Å². The Kier molecular flexibility index (Phi) is 121. The van der Waals surface area contributed by atoms with Crippen LogP contribution in [-0.4, -0.2) is 0 Å². The average Bonchev–Trinajstić information content (AvgIpc) is 0. The van der Waals surface area contributed by atoms with E-state index in [-0.39, 0.29) is 91.6 Å². The van der Waals surface area contributed by atoms with Crippen molar-refractivity contribution in [3.05, 3.63) is 0 Å². The van der Waals surface area contributed by atoms with E-state index in [1.807, 2.05) is 0 Å². The van der Waals surface area contributed by atoms with E-state index in [0.29, 0.717) is 0 Å². The summed E-state index contributed by atoms with van der Waals surface area (Å²) in [4.78, 5) is 0. The van der Waals surface area contributed by atoms with Crippen molar-refractivity contribution in [3.63, 3.8) is 0 Å². The molecule has 0 heterocycles. The molecule has 4 heavy (non-hydrogen) atoms. The number of hydrogen-bond acceptors (Lipinski definition) is 0. The monoisotopic (exact) mass is 318 g/mol. The molecule has 0 atom stereocenters. The maximum absolute atomic E-state index is 0. The summed E-state index contributed by atoms with van der Waals surface area (Å²) in [5.41, 5.74) is 0. The standard InChI is InChI=1S/3Co.Pr. The zero-order chi connectivity index (χ0) is 0. The van der Waals surface area contributed by atoms with Gasteiger partial charge in [0.25, 0.3) is 0 Å². The van der Waals surface area contributed by atoms with Gasteiger partial charge in [-0.15, -0.1) is 0 Å². The van der Waals surface area contributed by atoms with E-state index in [4.69, 9.17) is 0 Å². The minimum Gasteiger partial charge on any atom is 0 e. The van der Waals surface area contributed by atoms with Crippen LogP contribution in [0.1, 0.15) is 0 Å². The maximum atomic E-state index is 0. The van der Waals surface area contributed by atoms with Crippen LogP contribution in [0.3, 0.4) is 0 Å². The van der Waals surface area contributed by atoms with Crippen molar-refractivity contribution in [1.29, 1.82) is 0 Å². The van der Waals surface area contributed by atoms with Crippen molar-refractivity contribution in [2.45, 2.75) is 0 Å². The molecule has 0 spiro atoms. The van der Waals surface area contributed by atoms with E-state index in [9.17, 15) is 0 Å². The van der Waals surface area contributed by atoms with Gasteiger partial charge in [-0.25, -0.2) is 0 Å². The molecule has 0 aliphatic rings. The van der Waals surface area contributed by atoms with Crippen LogP contribution in [0.4, 0.5) is 0 Å². The number of hydrogen-bond donors (Lipinski definition) is 0. The zero-order valence-corrected chi connectivity index (χ0v) is 8.40. The Morgan fingerprint density at radius 2 is 0.500 bits per heavy atom. The third-order valence-corrected chi connectivity index (χ3v) is 0. The summed E-state index contributed by atoms with van der Waals surface area (Å²) in [6, 6.07) is 0. The molecule has 0 saturated heterocycles. The Bertz CT molecular complexity index is 3.25. The quantitative estimate of drug-likeness (QED) is 0.590. The molecule has 0 amide bonds. The summed E-state index contributed by atoms with van der Waals surface area (Å²) in [6.45, 7) is 0. The first-order chi connectivity index (χ1) is 0. The molecule has 0 unspecified atom stereocenters. The van der Waals surface area contributed by atoms with Crippen molar-refractivity contribution in [2.24, 2.45) is 0 Å². The van der Waals surface area contributed by atoms with Gasteiger partial charge >= 0.3 is 0 Å². The maximum Gasteiger partial charge on any atom is 0 e. The second kappa shape index (κ2) is 16.9. The van der Waals surface area contributed by atoms with Crippen LogP contribution < -0.4 is 0 Å². The van der Waals surface area contributed by atoms with E-state index in [0.717, 1.165) is 0 Å². The molecule has 0 N–H and O–H groups in total. The molecule has 0 aromatic carbocycles. The first-order valence-electron chi connectivity index (χ1n) is 0. The van der Waals surface area contributed by atoms with Gasteiger partial charge in [0.05, 0.1) is 0 Å². The van der Waals surface area contributed by atoms with Crippen molar-refractivity contribution >= 4 is 0 Å². The first-order valence-corrected chi connectivity index (χ1v) is 0. The number of rotatable bonds is 0. The van der Waals surface area contributed by atoms with Gasteiger partial charge < -0.3 is 0 Å². The molecule has 0 aliphatic heterocycles. The normalized spacial score (nSPS) is 0. The van der Waals surface area contributed by atoms with Crippen molar-refractivity contribution in [2.75, 3.05) is 0 Å². The van der Waals surface area contributed by atoms with Gasteiger partial charge in [-0.1, -0.05) is 0 Å². The Hall–Kier alpha value is 2.88. The molecule has 0 saturated carbocycles. The molecule has 30 valence electrons.